The molecular weight excluding hydrogens is 1080 g/mol. The van der Waals surface area contributed by atoms with Crippen LogP contribution in [-0.2, 0) is 66.8 Å². The predicted molar refractivity (Wildman–Crippen MR) is 320 cm³/mol. The maximum Gasteiger partial charge on any atom is 0.320 e. The van der Waals surface area contributed by atoms with Crippen LogP contribution < -0.4 is 10.6 Å². The molecule has 3 fully saturated rings. The normalized spacial score (nSPS) is 19.7. The van der Waals surface area contributed by atoms with Crippen LogP contribution in [0.2, 0.25) is 0 Å². The molecule has 2 atom stereocenters. The summed E-state index contributed by atoms with van der Waals surface area (Å²) >= 11 is 0. The summed E-state index contributed by atoms with van der Waals surface area (Å²) in [4.78, 5) is 126. The molecule has 0 aromatic heterocycles. The number of nitrogens with zero attached hydrogens (tertiary/aromatic N) is 8. The lowest BCUT2D eigenvalue weighted by molar-refractivity contribution is -0.161. The van der Waals surface area contributed by atoms with Gasteiger partial charge in [-0.05, 0) is 125 Å². The van der Waals surface area contributed by atoms with Crippen molar-refractivity contribution >= 4 is 47.6 Å². The van der Waals surface area contributed by atoms with Gasteiger partial charge in [0.2, 0.25) is 11.8 Å². The van der Waals surface area contributed by atoms with Crippen LogP contribution in [0.15, 0.2) is 0 Å². The second-order valence-electron chi connectivity index (χ2n) is 28.3. The standard InChI is InChI=1S/C60H110N10O14/c1-55(2,3)79-47(71)39-45(67-25-21-61-19-23-63(41-49(73)81-57(7,8)9)27-29-65(31-33-67)43-51(75)83-59(13,14)15)53(77)69-35-37-70(38-36-69)54(78)46(40-48(72)80-56(4,5)6)68-26-22-62-20-24-64(42-50(74)82-58(10,11)12)28-30-66(32-34-68)44-52(76)84-60(16,17)18/h45-46,61-62H,19-44H2,1-18H3. The van der Waals surface area contributed by atoms with E-state index in [2.05, 4.69) is 10.6 Å². The summed E-state index contributed by atoms with van der Waals surface area (Å²) in [5, 5.41) is 6.93. The zero-order valence-electron chi connectivity index (χ0n) is 54.8. The van der Waals surface area contributed by atoms with Crippen LogP contribution in [0, 0.1) is 0 Å². The number of esters is 6. The molecular formula is C60H110N10O14. The Morgan fingerprint density at radius 1 is 0.298 bits per heavy atom. The largest absolute Gasteiger partial charge is 0.460 e. The van der Waals surface area contributed by atoms with E-state index in [9.17, 15) is 28.8 Å². The van der Waals surface area contributed by atoms with E-state index in [1.54, 1.807) is 92.9 Å². The molecule has 0 spiro atoms. The second-order valence-corrected chi connectivity index (χ2v) is 28.3. The summed E-state index contributed by atoms with van der Waals surface area (Å²) in [6.45, 7) is 39.4. The van der Waals surface area contributed by atoms with Gasteiger partial charge >= 0.3 is 35.8 Å². The van der Waals surface area contributed by atoms with Crippen LogP contribution in [0.4, 0.5) is 0 Å². The number of piperazine rings is 1. The number of ether oxygens (including phenoxy) is 6. The number of amides is 2. The fourth-order valence-electron chi connectivity index (χ4n) is 9.82. The summed E-state index contributed by atoms with van der Waals surface area (Å²) in [6.07, 6.45) is -0.503. The van der Waals surface area contributed by atoms with Crippen LogP contribution in [0.5, 0.6) is 0 Å². The van der Waals surface area contributed by atoms with E-state index in [-0.39, 0.29) is 102 Å². The summed E-state index contributed by atoms with van der Waals surface area (Å²) in [7, 11) is 0. The molecule has 0 saturated carbocycles. The topological polar surface area (TPSA) is 242 Å². The summed E-state index contributed by atoms with van der Waals surface area (Å²) in [5.41, 5.74) is -4.42. The highest BCUT2D eigenvalue weighted by atomic mass is 16.6. The summed E-state index contributed by atoms with van der Waals surface area (Å²) in [6, 6.07) is -1.94. The van der Waals surface area contributed by atoms with Gasteiger partial charge in [-0.15, -0.1) is 0 Å². The van der Waals surface area contributed by atoms with Crippen molar-refractivity contribution < 1.29 is 66.8 Å². The number of hydrogen-bond donors (Lipinski definition) is 2. The molecule has 0 aromatic carbocycles. The highest BCUT2D eigenvalue weighted by Crippen LogP contribution is 2.21. The Morgan fingerprint density at radius 3 is 0.762 bits per heavy atom. The molecule has 3 heterocycles. The van der Waals surface area contributed by atoms with Crippen LogP contribution in [0.1, 0.15) is 137 Å². The summed E-state index contributed by atoms with van der Waals surface area (Å²) < 4.78 is 34.4. The molecule has 0 aromatic rings. The lowest BCUT2D eigenvalue weighted by Gasteiger charge is -2.42. The van der Waals surface area contributed by atoms with E-state index >= 15 is 9.59 Å². The van der Waals surface area contributed by atoms with Crippen molar-refractivity contribution in [3.05, 3.63) is 0 Å². The number of hydrogen-bond acceptors (Lipinski definition) is 22. The molecule has 2 unspecified atom stereocenters. The monoisotopic (exact) mass is 1190 g/mol. The van der Waals surface area contributed by atoms with Gasteiger partial charge in [-0.25, -0.2) is 0 Å². The average Bonchev–Trinajstić information content (AvgIpc) is 3.26. The number of nitrogens with one attached hydrogen (secondary N) is 2. The van der Waals surface area contributed by atoms with Crippen molar-refractivity contribution in [1.82, 2.24) is 49.8 Å². The lowest BCUT2D eigenvalue weighted by atomic mass is 10.1. The van der Waals surface area contributed by atoms with Gasteiger partial charge in [0.1, 0.15) is 33.6 Å². The van der Waals surface area contributed by atoms with Crippen LogP contribution >= 0.6 is 0 Å². The summed E-state index contributed by atoms with van der Waals surface area (Å²) in [5.74, 6) is -3.27. The Morgan fingerprint density at radius 2 is 0.512 bits per heavy atom. The fraction of sp³-hybridized carbons (Fsp3) is 0.867. The molecule has 3 rings (SSSR count). The SMILES string of the molecule is CC(C)(C)OC(=O)CC(C(=O)N1CCN(C(=O)C(CC(=O)OC(C)(C)C)N2CCNCCN(CC(=O)OC(C)(C)C)CCN(CC(=O)OC(C)(C)C)CC2)CC1)N1CCNCCN(CC(=O)OC(C)(C)C)CCN(CC(=O)OC(C)(C)C)CC1. The van der Waals surface area contributed by atoms with E-state index < -0.39 is 69.6 Å². The van der Waals surface area contributed by atoms with E-state index in [1.807, 2.05) is 70.9 Å². The molecule has 24 nitrogen and oxygen atoms in total. The van der Waals surface area contributed by atoms with Crippen molar-refractivity contribution in [3.63, 3.8) is 0 Å². The first kappa shape index (κ1) is 73.7. The molecule has 0 bridgehead atoms. The maximum absolute atomic E-state index is 15.1. The number of carbonyl (C=O) groups is 8. The van der Waals surface area contributed by atoms with Gasteiger partial charge in [-0.2, -0.15) is 0 Å². The number of rotatable bonds is 16. The molecule has 0 aliphatic carbocycles. The molecule has 3 aliphatic rings. The van der Waals surface area contributed by atoms with Gasteiger partial charge in [0.25, 0.3) is 0 Å². The Balaban J connectivity index is 1.95. The van der Waals surface area contributed by atoms with Gasteiger partial charge < -0.3 is 48.9 Å². The van der Waals surface area contributed by atoms with E-state index in [0.29, 0.717) is 91.6 Å². The second kappa shape index (κ2) is 33.0. The smallest absolute Gasteiger partial charge is 0.320 e. The minimum absolute atomic E-state index is 0.0480. The van der Waals surface area contributed by atoms with Crippen molar-refractivity contribution in [3.8, 4) is 0 Å². The molecule has 24 heteroatoms. The zero-order chi connectivity index (χ0) is 63.4. The highest BCUT2D eigenvalue weighted by molar-refractivity contribution is 5.89. The lowest BCUT2D eigenvalue weighted by Crippen LogP contribution is -2.60. The van der Waals surface area contributed by atoms with Gasteiger partial charge in [0.15, 0.2) is 0 Å². The van der Waals surface area contributed by atoms with Crippen molar-refractivity contribution in [1.29, 1.82) is 0 Å². The maximum atomic E-state index is 15.1. The Kier molecular flexibility index (Phi) is 28.9. The van der Waals surface area contributed by atoms with Gasteiger partial charge in [-0.3, -0.25) is 67.8 Å². The molecule has 3 saturated heterocycles. The third kappa shape index (κ3) is 31.7. The quantitative estimate of drug-likeness (QED) is 0.166. The first-order valence-electron chi connectivity index (χ1n) is 30.3. The third-order valence-electron chi connectivity index (χ3n) is 13.2. The van der Waals surface area contributed by atoms with Crippen molar-refractivity contribution in [2.45, 2.75) is 183 Å². The molecule has 2 amide bonds. The third-order valence-corrected chi connectivity index (χ3v) is 13.2. The molecule has 484 valence electrons. The fourth-order valence-corrected chi connectivity index (χ4v) is 9.82. The molecule has 0 radical (unpaired) electrons. The molecule has 3 aliphatic heterocycles. The minimum atomic E-state index is -0.971. The molecule has 2 N–H and O–H groups in total. The van der Waals surface area contributed by atoms with Gasteiger partial charge in [-0.1, -0.05) is 0 Å². The van der Waals surface area contributed by atoms with Gasteiger partial charge in [0.05, 0.1) is 51.1 Å². The van der Waals surface area contributed by atoms with E-state index in [0.717, 1.165) is 0 Å². The van der Waals surface area contributed by atoms with Crippen LogP contribution in [-0.4, -0.2) is 290 Å². The first-order valence-corrected chi connectivity index (χ1v) is 30.3. The first-order chi connectivity index (χ1) is 38.6. The van der Waals surface area contributed by atoms with E-state index in [4.69, 9.17) is 28.4 Å². The molecule has 84 heavy (non-hydrogen) atoms. The van der Waals surface area contributed by atoms with Crippen LogP contribution in [0.3, 0.4) is 0 Å². The minimum Gasteiger partial charge on any atom is -0.460 e. The van der Waals surface area contributed by atoms with Crippen LogP contribution in [0.25, 0.3) is 0 Å². The van der Waals surface area contributed by atoms with Crippen molar-refractivity contribution in [2.75, 3.05) is 157 Å². The van der Waals surface area contributed by atoms with Crippen molar-refractivity contribution in [2.24, 2.45) is 0 Å². The zero-order valence-corrected chi connectivity index (χ0v) is 54.8. The average molecular weight is 1200 g/mol. The van der Waals surface area contributed by atoms with E-state index in [1.165, 1.54) is 0 Å². The van der Waals surface area contributed by atoms with Gasteiger partial charge in [0, 0.05) is 131 Å². The Hall–Kier alpha value is -4.56. The predicted octanol–water partition coefficient (Wildman–Crippen LogP) is 2.24. The highest BCUT2D eigenvalue weighted by Gasteiger charge is 2.39. The Bertz CT molecular complexity index is 1980. The Labute approximate surface area is 502 Å². The number of carbonyl (C=O) groups excluding carboxylic acids is 8.